The lowest BCUT2D eigenvalue weighted by molar-refractivity contribution is -0.690. The number of carbonyl (C=O) groups excluding carboxylic acids is 1. The zero-order chi connectivity index (χ0) is 21.3. The van der Waals surface area contributed by atoms with Gasteiger partial charge in [0.25, 0.3) is 11.7 Å². The molecule has 1 aliphatic heterocycles. The van der Waals surface area contributed by atoms with Crippen LogP contribution in [0, 0.1) is 0 Å². The summed E-state index contributed by atoms with van der Waals surface area (Å²) in [7, 11) is 1.61. The van der Waals surface area contributed by atoms with Gasteiger partial charge < -0.3 is 10.1 Å². The molecule has 0 atom stereocenters. The van der Waals surface area contributed by atoms with Crippen LogP contribution >= 0.6 is 0 Å². The molecule has 4 rings (SSSR count). The molecule has 8 heteroatoms. The number of carbonyl (C=O) groups is 1. The van der Waals surface area contributed by atoms with Gasteiger partial charge in [0.1, 0.15) is 11.9 Å². The Hall–Kier alpha value is -3.29. The summed E-state index contributed by atoms with van der Waals surface area (Å²) in [4.78, 5) is 12.5. The van der Waals surface area contributed by atoms with Gasteiger partial charge in [0, 0.05) is 11.3 Å². The molecule has 0 saturated heterocycles. The molecule has 0 fully saturated rings. The number of methoxy groups -OCH3 is 1. The van der Waals surface area contributed by atoms with Gasteiger partial charge in [0.05, 0.1) is 25.6 Å². The highest BCUT2D eigenvalue weighted by Gasteiger charge is 2.31. The van der Waals surface area contributed by atoms with Crippen LogP contribution < -0.4 is 14.6 Å². The number of hydrogen-bond donors (Lipinski definition) is 1. The molecule has 1 aliphatic rings. The van der Waals surface area contributed by atoms with Crippen molar-refractivity contribution < 1.29 is 27.3 Å². The molecule has 30 heavy (non-hydrogen) atoms. The Bertz CT molecular complexity index is 1070. The largest absolute Gasteiger partial charge is 0.497 e. The molecule has 0 saturated carbocycles. The minimum Gasteiger partial charge on any atom is -0.497 e. The van der Waals surface area contributed by atoms with Crippen LogP contribution in [0.1, 0.15) is 17.8 Å². The predicted molar refractivity (Wildman–Crippen MR) is 105 cm³/mol. The molecule has 156 valence electrons. The van der Waals surface area contributed by atoms with Crippen LogP contribution in [-0.4, -0.2) is 17.6 Å². The fourth-order valence-corrected chi connectivity index (χ4v) is 3.77. The van der Waals surface area contributed by atoms with Crippen LogP contribution in [0.5, 0.6) is 5.75 Å². The molecular weight excluding hydrogens is 395 g/mol. The molecule has 0 unspecified atom stereocenters. The Morgan fingerprint density at radius 3 is 2.67 bits per heavy atom. The number of alkyl halides is 3. The Morgan fingerprint density at radius 2 is 1.97 bits per heavy atom. The lowest BCUT2D eigenvalue weighted by Crippen LogP contribution is -2.42. The molecule has 5 nitrogen and oxygen atoms in total. The SMILES string of the molecule is COc1ccc(-c2c[n+](CC(=O)Nc3cccc(C(F)(F)F)c3)c3n2CCC3)cc1. The van der Waals surface area contributed by atoms with Gasteiger partial charge in [-0.25, -0.2) is 9.13 Å². The van der Waals surface area contributed by atoms with E-state index in [4.69, 9.17) is 4.74 Å². The van der Waals surface area contributed by atoms with Gasteiger partial charge in [0.15, 0.2) is 12.2 Å². The van der Waals surface area contributed by atoms with Crippen molar-refractivity contribution in [1.29, 1.82) is 0 Å². The van der Waals surface area contributed by atoms with Gasteiger partial charge in [0.2, 0.25) is 0 Å². The zero-order valence-corrected chi connectivity index (χ0v) is 16.4. The van der Waals surface area contributed by atoms with E-state index in [0.717, 1.165) is 54.4 Å². The van der Waals surface area contributed by atoms with Gasteiger partial charge in [-0.1, -0.05) is 6.07 Å². The summed E-state index contributed by atoms with van der Waals surface area (Å²) in [5.74, 6) is 1.42. The standard InChI is InChI=1S/C22H20F3N3O2/c1-30-18-9-7-15(8-10-18)19-13-27(21-6-3-11-28(19)21)14-20(29)26-17-5-2-4-16(12-17)22(23,24)25/h2,4-5,7-10,12-13H,3,6,11,14H2,1H3/p+1. The zero-order valence-electron chi connectivity index (χ0n) is 16.4. The Morgan fingerprint density at radius 1 is 1.20 bits per heavy atom. The average molecular weight is 416 g/mol. The maximum Gasteiger partial charge on any atom is 0.416 e. The summed E-state index contributed by atoms with van der Waals surface area (Å²) in [6.07, 6.45) is -0.713. The second-order valence-electron chi connectivity index (χ2n) is 7.17. The van der Waals surface area contributed by atoms with E-state index >= 15 is 0 Å². The third-order valence-corrected chi connectivity index (χ3v) is 5.17. The van der Waals surface area contributed by atoms with Crippen LogP contribution in [0.3, 0.4) is 0 Å². The highest BCUT2D eigenvalue weighted by atomic mass is 19.4. The summed E-state index contributed by atoms with van der Waals surface area (Å²) >= 11 is 0. The van der Waals surface area contributed by atoms with Crippen molar-refractivity contribution in [3.63, 3.8) is 0 Å². The molecule has 2 aromatic carbocycles. The second kappa shape index (κ2) is 7.85. The molecule has 1 aromatic heterocycles. The van der Waals surface area contributed by atoms with E-state index in [-0.39, 0.29) is 18.1 Å². The number of benzene rings is 2. The molecule has 1 amide bonds. The Kier molecular flexibility index (Phi) is 5.24. The molecule has 0 spiro atoms. The fourth-order valence-electron chi connectivity index (χ4n) is 3.77. The second-order valence-corrected chi connectivity index (χ2v) is 7.17. The topological polar surface area (TPSA) is 47.1 Å². The van der Waals surface area contributed by atoms with Gasteiger partial charge in [-0.05, 0) is 48.9 Å². The normalized spacial score (nSPS) is 13.2. The van der Waals surface area contributed by atoms with Gasteiger partial charge in [-0.2, -0.15) is 13.2 Å². The molecule has 1 N–H and O–H groups in total. The van der Waals surface area contributed by atoms with Crippen molar-refractivity contribution >= 4 is 11.6 Å². The summed E-state index contributed by atoms with van der Waals surface area (Å²) in [5.41, 5.74) is 1.34. The van der Waals surface area contributed by atoms with Gasteiger partial charge in [-0.15, -0.1) is 0 Å². The molecule has 0 radical (unpaired) electrons. The number of hydrogen-bond acceptors (Lipinski definition) is 2. The number of aromatic nitrogens is 2. The van der Waals surface area contributed by atoms with Gasteiger partial charge >= 0.3 is 6.18 Å². The van der Waals surface area contributed by atoms with Crippen molar-refractivity contribution in [3.8, 4) is 17.0 Å². The van der Waals surface area contributed by atoms with Crippen LogP contribution in [0.15, 0.2) is 54.7 Å². The van der Waals surface area contributed by atoms with Crippen molar-refractivity contribution in [2.75, 3.05) is 12.4 Å². The Balaban J connectivity index is 1.54. The number of halogens is 3. The number of ether oxygens (including phenoxy) is 1. The first-order valence-electron chi connectivity index (χ1n) is 9.58. The van der Waals surface area contributed by atoms with E-state index in [2.05, 4.69) is 9.88 Å². The molecule has 2 heterocycles. The Labute approximate surface area is 171 Å². The summed E-state index contributed by atoms with van der Waals surface area (Å²) in [6, 6.07) is 12.3. The van der Waals surface area contributed by atoms with E-state index in [1.165, 1.54) is 12.1 Å². The van der Waals surface area contributed by atoms with E-state index in [0.29, 0.717) is 0 Å². The lowest BCUT2D eigenvalue weighted by atomic mass is 10.1. The van der Waals surface area contributed by atoms with Crippen molar-refractivity contribution in [2.45, 2.75) is 32.1 Å². The number of amides is 1. The van der Waals surface area contributed by atoms with Gasteiger partial charge in [-0.3, -0.25) is 4.79 Å². The number of nitrogens with one attached hydrogen (secondary N) is 1. The first-order valence-corrected chi connectivity index (χ1v) is 9.58. The number of imidazole rings is 1. The minimum atomic E-state index is -4.45. The average Bonchev–Trinajstić information content (AvgIpc) is 3.32. The molecular formula is C22H21F3N3O2+. The fraction of sp³-hybridized carbons (Fsp3) is 0.273. The lowest BCUT2D eigenvalue weighted by Gasteiger charge is -2.09. The quantitative estimate of drug-likeness (QED) is 0.638. The van der Waals surface area contributed by atoms with Crippen LogP contribution in [0.2, 0.25) is 0 Å². The molecule has 0 aliphatic carbocycles. The number of rotatable bonds is 5. The smallest absolute Gasteiger partial charge is 0.416 e. The minimum absolute atomic E-state index is 0.0295. The molecule has 0 bridgehead atoms. The van der Waals surface area contributed by atoms with E-state index in [9.17, 15) is 18.0 Å². The van der Waals surface area contributed by atoms with Crippen LogP contribution in [0.25, 0.3) is 11.3 Å². The summed E-state index contributed by atoms with van der Waals surface area (Å²) in [5, 5.41) is 2.57. The maximum atomic E-state index is 12.9. The third kappa shape index (κ3) is 4.03. The summed E-state index contributed by atoms with van der Waals surface area (Å²) in [6.45, 7) is 0.890. The first-order chi connectivity index (χ1) is 14.3. The van der Waals surface area contributed by atoms with E-state index in [1.54, 1.807) is 7.11 Å². The highest BCUT2D eigenvalue weighted by molar-refractivity contribution is 5.89. The number of fused-ring (bicyclic) bond motifs is 1. The maximum absolute atomic E-state index is 12.9. The first kappa shape index (κ1) is 20.0. The van der Waals surface area contributed by atoms with Crippen molar-refractivity contribution in [3.05, 3.63) is 66.1 Å². The van der Waals surface area contributed by atoms with Crippen LogP contribution in [-0.2, 0) is 30.5 Å². The van der Waals surface area contributed by atoms with Crippen molar-refractivity contribution in [1.82, 2.24) is 4.57 Å². The monoisotopic (exact) mass is 416 g/mol. The summed E-state index contributed by atoms with van der Waals surface area (Å²) < 4.78 is 47.9. The predicted octanol–water partition coefficient (Wildman–Crippen LogP) is 4.05. The third-order valence-electron chi connectivity index (χ3n) is 5.17. The van der Waals surface area contributed by atoms with Crippen molar-refractivity contribution in [2.24, 2.45) is 0 Å². The highest BCUT2D eigenvalue weighted by Crippen LogP contribution is 2.31. The van der Waals surface area contributed by atoms with Crippen LogP contribution in [0.4, 0.5) is 18.9 Å². The van der Waals surface area contributed by atoms with E-state index in [1.807, 2.05) is 35.0 Å². The number of nitrogens with zero attached hydrogens (tertiary/aromatic N) is 2. The molecule has 3 aromatic rings. The van der Waals surface area contributed by atoms with E-state index < -0.39 is 11.7 Å². The number of anilines is 1.